The third-order valence-electron chi connectivity index (χ3n) is 6.55. The molecule has 0 aliphatic rings. The van der Waals surface area contributed by atoms with E-state index in [4.69, 9.17) is 0 Å². The van der Waals surface area contributed by atoms with E-state index in [0.29, 0.717) is 24.3 Å². The van der Waals surface area contributed by atoms with Crippen molar-refractivity contribution < 1.29 is 14.7 Å². The van der Waals surface area contributed by atoms with Crippen LogP contribution in [0.1, 0.15) is 33.5 Å². The summed E-state index contributed by atoms with van der Waals surface area (Å²) in [6.45, 7) is 3.50. The Bertz CT molecular complexity index is 1380. The number of nitrogens with one attached hydrogen (secondary N) is 3. The Morgan fingerprint density at radius 1 is 1.03 bits per heavy atom. The van der Waals surface area contributed by atoms with Crippen LogP contribution in [0.15, 0.2) is 72.9 Å². The Labute approximate surface area is 221 Å². The molecule has 1 heterocycles. The van der Waals surface area contributed by atoms with Gasteiger partial charge in [0.05, 0.1) is 0 Å². The van der Waals surface area contributed by atoms with Gasteiger partial charge in [-0.3, -0.25) is 4.79 Å². The van der Waals surface area contributed by atoms with E-state index in [2.05, 4.69) is 40.0 Å². The topological polar surface area (TPSA) is 94.2 Å². The van der Waals surface area contributed by atoms with Gasteiger partial charge in [0.2, 0.25) is 0 Å². The number of aliphatic carboxylic acids is 1. The Balaban J connectivity index is 1.50. The Hall–Kier alpha value is -3.55. The molecule has 0 bridgehead atoms. The van der Waals surface area contributed by atoms with Crippen LogP contribution in [0.25, 0.3) is 22.0 Å². The fraction of sp³-hybridized carbons (Fsp3) is 0.267. The SMILES string of the molecule is CSCCC(NC(=O)c1ccc(CNCCc2c[nH]c3ccccc23)cc1-c1ccccc1C)C(=O)O. The molecule has 3 aromatic carbocycles. The minimum Gasteiger partial charge on any atom is -0.480 e. The number of aromatic nitrogens is 1. The maximum absolute atomic E-state index is 13.2. The van der Waals surface area contributed by atoms with Gasteiger partial charge < -0.3 is 20.7 Å². The second-order valence-electron chi connectivity index (χ2n) is 9.13. The number of benzene rings is 3. The number of aromatic amines is 1. The molecule has 192 valence electrons. The summed E-state index contributed by atoms with van der Waals surface area (Å²) < 4.78 is 0. The lowest BCUT2D eigenvalue weighted by atomic mass is 9.93. The van der Waals surface area contributed by atoms with E-state index in [-0.39, 0.29) is 5.91 Å². The number of fused-ring (bicyclic) bond motifs is 1. The van der Waals surface area contributed by atoms with Gasteiger partial charge in [-0.05, 0) is 84.3 Å². The zero-order chi connectivity index (χ0) is 26.2. The van der Waals surface area contributed by atoms with Crippen molar-refractivity contribution >= 4 is 34.5 Å². The van der Waals surface area contributed by atoms with Crippen molar-refractivity contribution in [2.24, 2.45) is 0 Å². The molecule has 0 fully saturated rings. The molecule has 7 heteroatoms. The number of para-hydroxylation sites is 1. The molecule has 1 amide bonds. The largest absolute Gasteiger partial charge is 0.480 e. The third-order valence-corrected chi connectivity index (χ3v) is 7.20. The summed E-state index contributed by atoms with van der Waals surface area (Å²) in [7, 11) is 0. The number of aryl methyl sites for hydroxylation is 1. The fourth-order valence-electron chi connectivity index (χ4n) is 4.52. The van der Waals surface area contributed by atoms with Crippen LogP contribution in [0.3, 0.4) is 0 Å². The highest BCUT2D eigenvalue weighted by molar-refractivity contribution is 7.98. The van der Waals surface area contributed by atoms with Gasteiger partial charge in [0.25, 0.3) is 5.91 Å². The molecular formula is C30H33N3O3S. The summed E-state index contributed by atoms with van der Waals surface area (Å²) in [6.07, 6.45) is 5.27. The third kappa shape index (κ3) is 6.61. The molecule has 0 saturated heterocycles. The molecule has 4 N–H and O–H groups in total. The van der Waals surface area contributed by atoms with Crippen LogP contribution in [-0.4, -0.2) is 46.6 Å². The van der Waals surface area contributed by atoms with E-state index in [0.717, 1.165) is 40.7 Å². The van der Waals surface area contributed by atoms with Gasteiger partial charge in [0, 0.05) is 29.2 Å². The van der Waals surface area contributed by atoms with Gasteiger partial charge in [0.1, 0.15) is 6.04 Å². The predicted octanol–water partition coefficient (Wildman–Crippen LogP) is 5.41. The fourth-order valence-corrected chi connectivity index (χ4v) is 4.99. The first-order valence-electron chi connectivity index (χ1n) is 12.4. The molecule has 4 aromatic rings. The second-order valence-corrected chi connectivity index (χ2v) is 10.1. The van der Waals surface area contributed by atoms with Crippen LogP contribution < -0.4 is 10.6 Å². The molecular weight excluding hydrogens is 482 g/mol. The first kappa shape index (κ1) is 26.5. The van der Waals surface area contributed by atoms with Gasteiger partial charge in [0.15, 0.2) is 0 Å². The molecule has 1 unspecified atom stereocenters. The maximum atomic E-state index is 13.2. The summed E-state index contributed by atoms with van der Waals surface area (Å²) in [5.41, 5.74) is 6.79. The molecule has 6 nitrogen and oxygen atoms in total. The van der Waals surface area contributed by atoms with Crippen LogP contribution >= 0.6 is 11.8 Å². The van der Waals surface area contributed by atoms with Gasteiger partial charge >= 0.3 is 5.97 Å². The molecule has 0 radical (unpaired) electrons. The van der Waals surface area contributed by atoms with Crippen molar-refractivity contribution in [3.05, 3.63) is 95.2 Å². The number of hydrogen-bond donors (Lipinski definition) is 4. The molecule has 1 atom stereocenters. The summed E-state index contributed by atoms with van der Waals surface area (Å²) in [6, 6.07) is 21.1. The number of H-pyrrole nitrogens is 1. The number of hydrogen-bond acceptors (Lipinski definition) is 4. The summed E-state index contributed by atoms with van der Waals surface area (Å²) in [5.74, 6) is -0.730. The molecule has 1 aromatic heterocycles. The van der Waals surface area contributed by atoms with Crippen molar-refractivity contribution in [1.29, 1.82) is 0 Å². The van der Waals surface area contributed by atoms with E-state index >= 15 is 0 Å². The normalized spacial score (nSPS) is 11.9. The Morgan fingerprint density at radius 3 is 2.59 bits per heavy atom. The van der Waals surface area contributed by atoms with Crippen molar-refractivity contribution in [2.75, 3.05) is 18.6 Å². The maximum Gasteiger partial charge on any atom is 0.326 e. The van der Waals surface area contributed by atoms with E-state index in [1.807, 2.05) is 55.6 Å². The lowest BCUT2D eigenvalue weighted by Gasteiger charge is -2.18. The van der Waals surface area contributed by atoms with Crippen molar-refractivity contribution in [2.45, 2.75) is 32.4 Å². The first-order valence-corrected chi connectivity index (χ1v) is 13.8. The zero-order valence-corrected chi connectivity index (χ0v) is 22.0. The molecule has 0 aliphatic carbocycles. The number of carbonyl (C=O) groups excluding carboxylic acids is 1. The summed E-state index contributed by atoms with van der Waals surface area (Å²) >= 11 is 1.56. The number of carboxylic acid groups (broad SMARTS) is 1. The van der Waals surface area contributed by atoms with E-state index in [1.165, 1.54) is 10.9 Å². The van der Waals surface area contributed by atoms with Crippen LogP contribution in [0.4, 0.5) is 0 Å². The molecule has 0 spiro atoms. The number of amides is 1. The quantitative estimate of drug-likeness (QED) is 0.189. The number of rotatable bonds is 12. The van der Waals surface area contributed by atoms with E-state index in [9.17, 15) is 14.7 Å². The molecule has 0 aliphatic heterocycles. The van der Waals surface area contributed by atoms with Crippen LogP contribution in [-0.2, 0) is 17.8 Å². The minimum absolute atomic E-state index is 0.370. The van der Waals surface area contributed by atoms with Crippen molar-refractivity contribution in [1.82, 2.24) is 15.6 Å². The monoisotopic (exact) mass is 515 g/mol. The number of carbonyl (C=O) groups is 2. The Morgan fingerprint density at radius 2 is 1.81 bits per heavy atom. The average molecular weight is 516 g/mol. The second kappa shape index (κ2) is 12.6. The highest BCUT2D eigenvalue weighted by Gasteiger charge is 2.22. The standard InChI is InChI=1S/C30H33N3O3S/c1-20-7-3-4-8-23(20)26-17-21(11-12-25(26)29(34)33-28(30(35)36)14-16-37-2)18-31-15-13-22-19-32-27-10-6-5-9-24(22)27/h3-12,17,19,28,31-32H,13-16,18H2,1-2H3,(H,33,34)(H,35,36). The molecule has 4 rings (SSSR count). The van der Waals surface area contributed by atoms with Crippen molar-refractivity contribution in [3.63, 3.8) is 0 Å². The van der Waals surface area contributed by atoms with E-state index in [1.54, 1.807) is 17.8 Å². The highest BCUT2D eigenvalue weighted by atomic mass is 32.2. The zero-order valence-electron chi connectivity index (χ0n) is 21.2. The lowest BCUT2D eigenvalue weighted by Crippen LogP contribution is -2.41. The lowest BCUT2D eigenvalue weighted by molar-refractivity contribution is -0.139. The predicted molar refractivity (Wildman–Crippen MR) is 152 cm³/mol. The van der Waals surface area contributed by atoms with Gasteiger partial charge in [-0.25, -0.2) is 4.79 Å². The number of carboxylic acids is 1. The van der Waals surface area contributed by atoms with Crippen molar-refractivity contribution in [3.8, 4) is 11.1 Å². The smallest absolute Gasteiger partial charge is 0.326 e. The number of thioether (sulfide) groups is 1. The summed E-state index contributed by atoms with van der Waals surface area (Å²) in [5, 5.41) is 17.1. The van der Waals surface area contributed by atoms with Crippen LogP contribution in [0.5, 0.6) is 0 Å². The van der Waals surface area contributed by atoms with Crippen LogP contribution in [0.2, 0.25) is 0 Å². The average Bonchev–Trinajstić information content (AvgIpc) is 3.32. The molecule has 0 saturated carbocycles. The summed E-state index contributed by atoms with van der Waals surface area (Å²) in [4.78, 5) is 28.3. The molecule has 37 heavy (non-hydrogen) atoms. The van der Waals surface area contributed by atoms with Gasteiger partial charge in [-0.1, -0.05) is 48.5 Å². The van der Waals surface area contributed by atoms with Gasteiger partial charge in [-0.2, -0.15) is 11.8 Å². The Kier molecular flexibility index (Phi) is 9.04. The van der Waals surface area contributed by atoms with Crippen LogP contribution in [0, 0.1) is 6.92 Å². The minimum atomic E-state index is -1.02. The first-order chi connectivity index (χ1) is 18.0. The van der Waals surface area contributed by atoms with Gasteiger partial charge in [-0.15, -0.1) is 0 Å². The van der Waals surface area contributed by atoms with E-state index < -0.39 is 12.0 Å². The highest BCUT2D eigenvalue weighted by Crippen LogP contribution is 2.28.